The number of fused-ring (bicyclic) bond motifs is 1. The van der Waals surface area contributed by atoms with Crippen molar-refractivity contribution in [3.05, 3.63) is 0 Å². The third-order valence-corrected chi connectivity index (χ3v) is 11.1. The maximum Gasteiger partial charge on any atom is 0.227 e. The Labute approximate surface area is 229 Å². The van der Waals surface area contributed by atoms with Crippen molar-refractivity contribution < 1.29 is 14.3 Å². The predicted molar refractivity (Wildman–Crippen MR) is 144 cm³/mol. The van der Waals surface area contributed by atoms with Crippen LogP contribution in [0.1, 0.15) is 65.7 Å². The molecular weight excluding hydrogens is 536 g/mol. The van der Waals surface area contributed by atoms with Gasteiger partial charge in [-0.05, 0) is 65.7 Å². The molecule has 10 heteroatoms. The predicted octanol–water partition coefficient (Wildman–Crippen LogP) is 1.62. The van der Waals surface area contributed by atoms with Gasteiger partial charge in [0.25, 0.3) is 0 Å². The first-order valence-electron chi connectivity index (χ1n) is 14.2. The zero-order valence-corrected chi connectivity index (χ0v) is 23.9. The highest BCUT2D eigenvalue weighted by Crippen LogP contribution is 2.38. The molecule has 4 aliphatic heterocycles. The lowest BCUT2D eigenvalue weighted by Gasteiger charge is -2.43. The van der Waals surface area contributed by atoms with Crippen LogP contribution in [0.15, 0.2) is 0 Å². The second-order valence-electron chi connectivity index (χ2n) is 12.4. The van der Waals surface area contributed by atoms with Crippen LogP contribution < -0.4 is 21.3 Å². The van der Waals surface area contributed by atoms with E-state index in [0.29, 0.717) is 37.1 Å². The number of nitriles is 1. The van der Waals surface area contributed by atoms with Gasteiger partial charge in [-0.25, -0.2) is 0 Å². The van der Waals surface area contributed by atoms with Gasteiger partial charge in [0, 0.05) is 54.5 Å². The molecule has 0 aromatic heterocycles. The van der Waals surface area contributed by atoms with Crippen LogP contribution in [0.3, 0.4) is 0 Å². The maximum absolute atomic E-state index is 13.1. The Bertz CT molecular complexity index is 907. The third-order valence-electron chi connectivity index (χ3n) is 9.90. The Hall–Kier alpha value is -1.25. The molecule has 1 aliphatic carbocycles. The van der Waals surface area contributed by atoms with Crippen LogP contribution in [0, 0.1) is 28.6 Å². The molecule has 5 rings (SSSR count). The number of piperidine rings is 1. The summed E-state index contributed by atoms with van der Waals surface area (Å²) in [7, 11) is 0. The number of likely N-dealkylation sites (tertiary alicyclic amines) is 1. The average molecular weight is 580 g/mol. The topological polar surface area (TPSA) is 119 Å². The molecule has 4 saturated heterocycles. The van der Waals surface area contributed by atoms with Gasteiger partial charge in [0.15, 0.2) is 0 Å². The zero-order chi connectivity index (χ0) is 26.3. The molecule has 2 amide bonds. The minimum atomic E-state index is -0.487. The molecule has 5 fully saturated rings. The maximum atomic E-state index is 13.1. The summed E-state index contributed by atoms with van der Waals surface area (Å²) in [5, 5.41) is 22.7. The minimum Gasteiger partial charge on any atom is -0.358 e. The molecule has 0 radical (unpaired) electrons. The average Bonchev–Trinajstić information content (AvgIpc) is 3.55. The molecule has 5 aliphatic rings. The van der Waals surface area contributed by atoms with Crippen LogP contribution in [0.4, 0.5) is 0 Å². The highest BCUT2D eigenvalue weighted by Gasteiger charge is 2.47. The van der Waals surface area contributed by atoms with Crippen molar-refractivity contribution in [2.75, 3.05) is 19.6 Å². The minimum absolute atomic E-state index is 0.0293. The molecule has 9 nitrogen and oxygen atoms in total. The van der Waals surface area contributed by atoms with Crippen molar-refractivity contribution in [3.8, 4) is 6.07 Å². The molecule has 9 unspecified atom stereocenters. The molecule has 1 saturated carbocycles. The first-order chi connectivity index (χ1) is 17.7. The van der Waals surface area contributed by atoms with Gasteiger partial charge in [0.1, 0.15) is 6.10 Å². The summed E-state index contributed by atoms with van der Waals surface area (Å²) in [5.74, 6) is 0.473. The van der Waals surface area contributed by atoms with E-state index in [0.717, 1.165) is 51.5 Å². The molecule has 37 heavy (non-hydrogen) atoms. The molecule has 206 valence electrons. The van der Waals surface area contributed by atoms with E-state index in [4.69, 9.17) is 4.74 Å². The second kappa shape index (κ2) is 11.1. The Morgan fingerprint density at radius 1 is 1.27 bits per heavy atom. The van der Waals surface area contributed by atoms with Crippen LogP contribution in [-0.2, 0) is 14.3 Å². The normalized spacial score (nSPS) is 46.3. The molecule has 0 aromatic rings. The lowest BCUT2D eigenvalue weighted by molar-refractivity contribution is -0.129. The number of ether oxygens (including phenoxy) is 1. The zero-order valence-electron chi connectivity index (χ0n) is 22.3. The Morgan fingerprint density at radius 3 is 2.70 bits per heavy atom. The number of amides is 2. The Kier molecular flexibility index (Phi) is 8.19. The van der Waals surface area contributed by atoms with Gasteiger partial charge in [0.05, 0.1) is 29.7 Å². The summed E-state index contributed by atoms with van der Waals surface area (Å²) in [5.41, 5.74) is -0.487. The summed E-state index contributed by atoms with van der Waals surface area (Å²) in [6.07, 6.45) is 6.96. The number of alkyl halides is 1. The van der Waals surface area contributed by atoms with Crippen LogP contribution in [0.25, 0.3) is 0 Å². The summed E-state index contributed by atoms with van der Waals surface area (Å²) in [4.78, 5) is 28.1. The Balaban J connectivity index is 1.10. The number of halogens is 1. The molecular formula is C27H43BrN6O3. The smallest absolute Gasteiger partial charge is 0.227 e. The van der Waals surface area contributed by atoms with E-state index in [1.54, 1.807) is 0 Å². The van der Waals surface area contributed by atoms with E-state index >= 15 is 0 Å². The fourth-order valence-electron chi connectivity index (χ4n) is 7.61. The van der Waals surface area contributed by atoms with Gasteiger partial charge in [-0.2, -0.15) is 5.26 Å². The van der Waals surface area contributed by atoms with E-state index in [-0.39, 0.29) is 47.0 Å². The summed E-state index contributed by atoms with van der Waals surface area (Å²) in [6.45, 7) is 8.30. The second-order valence-corrected chi connectivity index (χ2v) is 13.4. The third kappa shape index (κ3) is 5.44. The quantitative estimate of drug-likeness (QED) is 0.354. The lowest BCUT2D eigenvalue weighted by atomic mass is 9.87. The van der Waals surface area contributed by atoms with Gasteiger partial charge in [-0.3, -0.25) is 25.1 Å². The van der Waals surface area contributed by atoms with Crippen molar-refractivity contribution in [1.29, 1.82) is 5.26 Å². The molecule has 4 heterocycles. The Morgan fingerprint density at radius 2 is 2.03 bits per heavy atom. The van der Waals surface area contributed by atoms with Gasteiger partial charge in [-0.1, -0.05) is 15.9 Å². The number of carbonyl (C=O) groups is 2. The van der Waals surface area contributed by atoms with Crippen LogP contribution in [0.5, 0.6) is 0 Å². The van der Waals surface area contributed by atoms with Crippen molar-refractivity contribution in [3.63, 3.8) is 0 Å². The number of hydrogen-bond donors (Lipinski definition) is 4. The molecule has 9 atom stereocenters. The highest BCUT2D eigenvalue weighted by atomic mass is 79.9. The van der Waals surface area contributed by atoms with Gasteiger partial charge in [-0.15, -0.1) is 0 Å². The number of hydrogen-bond acceptors (Lipinski definition) is 7. The van der Waals surface area contributed by atoms with Crippen molar-refractivity contribution in [2.45, 2.75) is 113 Å². The number of nitrogens with one attached hydrogen (secondary N) is 4. The van der Waals surface area contributed by atoms with Crippen LogP contribution in [-0.4, -0.2) is 83.7 Å². The van der Waals surface area contributed by atoms with Gasteiger partial charge < -0.3 is 15.4 Å². The fraction of sp³-hybridized carbons (Fsp3) is 0.889. The highest BCUT2D eigenvalue weighted by molar-refractivity contribution is 9.09. The van der Waals surface area contributed by atoms with Crippen molar-refractivity contribution in [2.24, 2.45) is 17.3 Å². The van der Waals surface area contributed by atoms with Crippen molar-refractivity contribution >= 4 is 27.7 Å². The van der Waals surface area contributed by atoms with Gasteiger partial charge in [0.2, 0.25) is 11.8 Å². The van der Waals surface area contributed by atoms with Crippen LogP contribution in [0.2, 0.25) is 0 Å². The standard InChI is InChI=1S/C27H43BrN6O3/c1-15-10-20(25(35)32-14-27(3)8-9-30-26(27)36)16(2)34(15)18-6-4-17(5-7-18)33-24-23(28)21-11-19(12-29)37-22(21)13-31-24/h15-24,31,33H,4-11,13-14H2,1-3H3,(H,30,36)(H,32,35). The van der Waals surface area contributed by atoms with E-state index in [9.17, 15) is 14.9 Å². The molecule has 0 spiro atoms. The van der Waals surface area contributed by atoms with Gasteiger partial charge >= 0.3 is 0 Å². The summed E-state index contributed by atoms with van der Waals surface area (Å²) < 4.78 is 5.86. The lowest BCUT2D eigenvalue weighted by Crippen LogP contribution is -2.61. The summed E-state index contributed by atoms with van der Waals surface area (Å²) in [6, 6.07) is 3.82. The number of rotatable bonds is 6. The number of carbonyl (C=O) groups excluding carboxylic acids is 2. The molecule has 0 aromatic carbocycles. The van der Waals surface area contributed by atoms with Crippen molar-refractivity contribution in [1.82, 2.24) is 26.2 Å². The monoisotopic (exact) mass is 578 g/mol. The number of nitrogens with zero attached hydrogens (tertiary/aromatic N) is 2. The van der Waals surface area contributed by atoms with E-state index < -0.39 is 5.41 Å². The van der Waals surface area contributed by atoms with E-state index in [1.165, 1.54) is 0 Å². The van der Waals surface area contributed by atoms with E-state index in [2.05, 4.69) is 62.0 Å². The SMILES string of the molecule is CC1CC(C(=O)NCC2(C)CCNC2=O)C(C)N1C1CCC(NC2NCC3OC(C#N)CC3C2Br)CC1. The summed E-state index contributed by atoms with van der Waals surface area (Å²) >= 11 is 3.90. The first-order valence-corrected chi connectivity index (χ1v) is 15.1. The van der Waals surface area contributed by atoms with E-state index in [1.807, 2.05) is 6.92 Å². The molecule has 0 bridgehead atoms. The fourth-order valence-corrected chi connectivity index (χ4v) is 8.50. The molecule has 4 N–H and O–H groups in total. The van der Waals surface area contributed by atoms with Crippen LogP contribution >= 0.6 is 15.9 Å². The largest absolute Gasteiger partial charge is 0.358 e. The first kappa shape index (κ1) is 27.3.